The van der Waals surface area contributed by atoms with Crippen LogP contribution in [0.1, 0.15) is 11.6 Å². The molecule has 7 heteroatoms. The summed E-state index contributed by atoms with van der Waals surface area (Å²) in [4.78, 5) is 12.3. The molecule has 1 fully saturated rings. The van der Waals surface area contributed by atoms with Crippen molar-refractivity contribution in [2.45, 2.75) is 6.04 Å². The first-order valence-corrected chi connectivity index (χ1v) is 6.16. The topological polar surface area (TPSA) is 98.9 Å². The van der Waals surface area contributed by atoms with Gasteiger partial charge >= 0.3 is 5.69 Å². The van der Waals surface area contributed by atoms with Crippen molar-refractivity contribution in [1.29, 1.82) is 0 Å². The molecule has 0 aliphatic carbocycles. The van der Waals surface area contributed by atoms with E-state index >= 15 is 0 Å². The van der Waals surface area contributed by atoms with Gasteiger partial charge in [0.25, 0.3) is 0 Å². The van der Waals surface area contributed by atoms with Crippen molar-refractivity contribution in [1.82, 2.24) is 10.2 Å². The van der Waals surface area contributed by atoms with Gasteiger partial charge in [-0.2, -0.15) is 0 Å². The number of nitro benzene ring substituents is 1. The maximum atomic E-state index is 10.8. The van der Waals surface area contributed by atoms with E-state index in [-0.39, 0.29) is 24.1 Å². The van der Waals surface area contributed by atoms with Crippen LogP contribution in [0.15, 0.2) is 18.2 Å². The summed E-state index contributed by atoms with van der Waals surface area (Å²) < 4.78 is 0. The number of benzene rings is 1. The maximum absolute atomic E-state index is 10.8. The van der Waals surface area contributed by atoms with Gasteiger partial charge in [0.15, 0.2) is 5.75 Å². The Hall–Kier alpha value is -1.70. The predicted octanol–water partition coefficient (Wildman–Crippen LogP) is 0.239. The number of aromatic hydroxyl groups is 1. The van der Waals surface area contributed by atoms with Crippen molar-refractivity contribution >= 4 is 5.69 Å². The van der Waals surface area contributed by atoms with E-state index in [9.17, 15) is 20.3 Å². The van der Waals surface area contributed by atoms with E-state index in [0.29, 0.717) is 5.56 Å². The molecule has 1 aromatic carbocycles. The van der Waals surface area contributed by atoms with E-state index in [1.165, 1.54) is 12.1 Å². The lowest BCUT2D eigenvalue weighted by molar-refractivity contribution is -0.386. The van der Waals surface area contributed by atoms with E-state index in [2.05, 4.69) is 10.2 Å². The molecule has 1 aromatic rings. The van der Waals surface area contributed by atoms with Gasteiger partial charge in [-0.3, -0.25) is 15.0 Å². The summed E-state index contributed by atoms with van der Waals surface area (Å²) in [7, 11) is 0. The smallest absolute Gasteiger partial charge is 0.311 e. The summed E-state index contributed by atoms with van der Waals surface area (Å²) in [5, 5.41) is 33.0. The molecule has 0 aromatic heterocycles. The quantitative estimate of drug-likeness (QED) is 0.534. The lowest BCUT2D eigenvalue weighted by Gasteiger charge is -2.34. The molecule has 0 spiro atoms. The molecule has 19 heavy (non-hydrogen) atoms. The fourth-order valence-corrected chi connectivity index (χ4v) is 2.32. The van der Waals surface area contributed by atoms with Gasteiger partial charge in [-0.1, -0.05) is 6.07 Å². The first kappa shape index (κ1) is 13.7. The van der Waals surface area contributed by atoms with Gasteiger partial charge in [-0.15, -0.1) is 0 Å². The third-order valence-corrected chi connectivity index (χ3v) is 3.35. The minimum Gasteiger partial charge on any atom is -0.502 e. The molecule has 1 heterocycles. The molecule has 7 nitrogen and oxygen atoms in total. The lowest BCUT2D eigenvalue weighted by atomic mass is 10.0. The molecule has 2 rings (SSSR count). The zero-order chi connectivity index (χ0) is 13.8. The van der Waals surface area contributed by atoms with Gasteiger partial charge < -0.3 is 15.5 Å². The minimum absolute atomic E-state index is 0.109. The molecule has 1 aliphatic rings. The number of phenols is 1. The molecular weight excluding hydrogens is 250 g/mol. The summed E-state index contributed by atoms with van der Waals surface area (Å²) in [6.07, 6.45) is 0. The second-order valence-electron chi connectivity index (χ2n) is 4.49. The average molecular weight is 267 g/mol. The van der Waals surface area contributed by atoms with Gasteiger partial charge in [0.05, 0.1) is 17.6 Å². The normalized spacial score (nSPS) is 18.2. The lowest BCUT2D eigenvalue weighted by Crippen LogP contribution is -2.46. The van der Waals surface area contributed by atoms with Crippen LogP contribution >= 0.6 is 0 Å². The fourth-order valence-electron chi connectivity index (χ4n) is 2.32. The zero-order valence-corrected chi connectivity index (χ0v) is 10.5. The Morgan fingerprint density at radius 1 is 1.42 bits per heavy atom. The van der Waals surface area contributed by atoms with Gasteiger partial charge in [0.2, 0.25) is 0 Å². The number of nitrogens with one attached hydrogen (secondary N) is 1. The first-order valence-electron chi connectivity index (χ1n) is 6.16. The fraction of sp³-hybridized carbons (Fsp3) is 0.500. The summed E-state index contributed by atoms with van der Waals surface area (Å²) in [5.74, 6) is -0.356. The molecule has 0 unspecified atom stereocenters. The number of phenolic OH excluding ortho intramolecular Hbond substituents is 1. The van der Waals surface area contributed by atoms with Gasteiger partial charge in [-0.25, -0.2) is 0 Å². The Morgan fingerprint density at radius 2 is 2.11 bits per heavy atom. The number of aliphatic hydroxyl groups is 1. The average Bonchev–Trinajstić information content (AvgIpc) is 2.42. The minimum atomic E-state index is -0.620. The third kappa shape index (κ3) is 3.01. The van der Waals surface area contributed by atoms with Crippen molar-refractivity contribution in [2.24, 2.45) is 0 Å². The summed E-state index contributed by atoms with van der Waals surface area (Å²) in [5.41, 5.74) is 0.319. The molecule has 0 radical (unpaired) electrons. The number of rotatable bonds is 4. The van der Waals surface area contributed by atoms with E-state index < -0.39 is 4.92 Å². The van der Waals surface area contributed by atoms with Crippen LogP contribution in [-0.2, 0) is 0 Å². The van der Waals surface area contributed by atoms with Crippen molar-refractivity contribution in [3.8, 4) is 5.75 Å². The maximum Gasteiger partial charge on any atom is 0.311 e. The second kappa shape index (κ2) is 5.96. The highest BCUT2D eigenvalue weighted by molar-refractivity contribution is 5.48. The second-order valence-corrected chi connectivity index (χ2v) is 4.49. The summed E-state index contributed by atoms with van der Waals surface area (Å²) in [6, 6.07) is 3.98. The van der Waals surface area contributed by atoms with Crippen LogP contribution < -0.4 is 5.32 Å². The zero-order valence-electron chi connectivity index (χ0n) is 10.5. The highest BCUT2D eigenvalue weighted by atomic mass is 16.6. The number of piperazine rings is 1. The van der Waals surface area contributed by atoms with Gasteiger partial charge in [-0.05, 0) is 11.6 Å². The number of hydrogen-bond acceptors (Lipinski definition) is 6. The monoisotopic (exact) mass is 267 g/mol. The Labute approximate surface area is 110 Å². The largest absolute Gasteiger partial charge is 0.502 e. The standard InChI is InChI=1S/C12H17N3O4/c16-8-11(14-5-3-13-4-6-14)9-1-2-12(17)10(7-9)15(18)19/h1-2,7,11,13,16-17H,3-6,8H2/t11-/m1/s1. The van der Waals surface area contributed by atoms with Crippen LogP contribution in [0.2, 0.25) is 0 Å². The van der Waals surface area contributed by atoms with Crippen molar-refractivity contribution < 1.29 is 15.1 Å². The molecular formula is C12H17N3O4. The van der Waals surface area contributed by atoms with Gasteiger partial charge in [0, 0.05) is 32.2 Å². The van der Waals surface area contributed by atoms with E-state index in [1.54, 1.807) is 6.07 Å². The Kier molecular flexibility index (Phi) is 4.31. The Morgan fingerprint density at radius 3 is 2.68 bits per heavy atom. The highest BCUT2D eigenvalue weighted by Crippen LogP contribution is 2.30. The van der Waals surface area contributed by atoms with Crippen molar-refractivity contribution in [3.63, 3.8) is 0 Å². The molecule has 1 atom stereocenters. The van der Waals surface area contributed by atoms with E-state index in [1.807, 2.05) is 0 Å². The van der Waals surface area contributed by atoms with Crippen LogP contribution in [0.3, 0.4) is 0 Å². The van der Waals surface area contributed by atoms with Crippen molar-refractivity contribution in [2.75, 3.05) is 32.8 Å². The number of nitro groups is 1. The molecule has 104 valence electrons. The van der Waals surface area contributed by atoms with Crippen molar-refractivity contribution in [3.05, 3.63) is 33.9 Å². The van der Waals surface area contributed by atoms with Crippen LogP contribution in [0.5, 0.6) is 5.75 Å². The Bertz CT molecular complexity index is 460. The van der Waals surface area contributed by atoms with Crippen LogP contribution in [0.4, 0.5) is 5.69 Å². The Balaban J connectivity index is 2.27. The molecule has 0 saturated carbocycles. The predicted molar refractivity (Wildman–Crippen MR) is 69.0 cm³/mol. The number of hydrogen-bond donors (Lipinski definition) is 3. The van der Waals surface area contributed by atoms with Crippen LogP contribution in [0.25, 0.3) is 0 Å². The van der Waals surface area contributed by atoms with E-state index in [4.69, 9.17) is 0 Å². The molecule has 0 amide bonds. The molecule has 1 aliphatic heterocycles. The number of nitrogens with zero attached hydrogens (tertiary/aromatic N) is 2. The molecule has 3 N–H and O–H groups in total. The number of aliphatic hydroxyl groups excluding tert-OH is 1. The molecule has 0 bridgehead atoms. The third-order valence-electron chi connectivity index (χ3n) is 3.35. The van der Waals surface area contributed by atoms with Crippen LogP contribution in [0, 0.1) is 10.1 Å². The van der Waals surface area contributed by atoms with Gasteiger partial charge in [0.1, 0.15) is 0 Å². The summed E-state index contributed by atoms with van der Waals surface area (Å²) in [6.45, 7) is 3.11. The van der Waals surface area contributed by atoms with Crippen LogP contribution in [-0.4, -0.2) is 52.8 Å². The summed E-state index contributed by atoms with van der Waals surface area (Å²) >= 11 is 0. The molecule has 1 saturated heterocycles. The highest BCUT2D eigenvalue weighted by Gasteiger charge is 2.24. The first-order chi connectivity index (χ1) is 9.13. The SMILES string of the molecule is O=[N+]([O-])c1cc([C@@H](CO)N2CCNCC2)ccc1O. The van der Waals surface area contributed by atoms with E-state index in [0.717, 1.165) is 26.2 Å².